The van der Waals surface area contributed by atoms with Gasteiger partial charge in [0.2, 0.25) is 0 Å². The van der Waals surface area contributed by atoms with Gasteiger partial charge in [-0.05, 0) is 58.0 Å². The molecule has 115 valence electrons. The summed E-state index contributed by atoms with van der Waals surface area (Å²) in [6.45, 7) is 4.10. The lowest BCUT2D eigenvalue weighted by atomic mass is 10.0. The molecule has 4 heteroatoms. The Morgan fingerprint density at radius 2 is 1.81 bits per heavy atom. The number of rotatable bonds is 4. The minimum atomic E-state index is 0.522. The van der Waals surface area contributed by atoms with Crippen LogP contribution in [-0.2, 0) is 4.74 Å². The largest absolute Gasteiger partial charge is 0.382 e. The zero-order valence-corrected chi connectivity index (χ0v) is 12.9. The number of benzene rings is 1. The summed E-state index contributed by atoms with van der Waals surface area (Å²) in [7, 11) is 2.20. The van der Waals surface area contributed by atoms with Gasteiger partial charge in [0.05, 0.1) is 0 Å². The monoisotopic (exact) mass is 288 g/mol. The molecule has 1 aromatic carbocycles. The number of nitrogens with one attached hydrogen (secondary N) is 2. The molecule has 0 aromatic heterocycles. The molecule has 21 heavy (non-hydrogen) atoms. The van der Waals surface area contributed by atoms with Gasteiger partial charge in [-0.15, -0.1) is 0 Å². The zero-order valence-electron chi connectivity index (χ0n) is 12.9. The van der Waals surface area contributed by atoms with E-state index < -0.39 is 0 Å². The third-order valence-corrected chi connectivity index (χ3v) is 4.47. The number of anilines is 2. The second-order valence-electron chi connectivity index (χ2n) is 6.24. The molecule has 2 heterocycles. The number of likely N-dealkylation sites (tertiary alicyclic amines) is 1. The van der Waals surface area contributed by atoms with Crippen molar-refractivity contribution in [2.45, 2.75) is 37.8 Å². The zero-order chi connectivity index (χ0) is 14.5. The Morgan fingerprint density at radius 1 is 1.10 bits per heavy atom. The average molecular weight is 288 g/mol. The second-order valence-corrected chi connectivity index (χ2v) is 6.24. The lowest BCUT2D eigenvalue weighted by Crippen LogP contribution is -2.36. The van der Waals surface area contributed by atoms with Gasteiger partial charge in [0.25, 0.3) is 0 Å². The van der Waals surface area contributed by atoms with E-state index in [-0.39, 0.29) is 0 Å². The molecular weight excluding hydrogens is 262 g/mol. The molecule has 1 radical (unpaired) electrons. The van der Waals surface area contributed by atoms with Crippen molar-refractivity contribution in [3.63, 3.8) is 0 Å². The van der Waals surface area contributed by atoms with Crippen molar-refractivity contribution >= 4 is 11.4 Å². The summed E-state index contributed by atoms with van der Waals surface area (Å²) in [6, 6.07) is 10.7. The summed E-state index contributed by atoms with van der Waals surface area (Å²) in [5.74, 6) is 0. The minimum absolute atomic E-state index is 0.522. The van der Waals surface area contributed by atoms with Crippen molar-refractivity contribution in [1.82, 2.24) is 4.90 Å². The van der Waals surface area contributed by atoms with Crippen LogP contribution in [0.1, 0.15) is 25.7 Å². The van der Waals surface area contributed by atoms with Gasteiger partial charge in [-0.1, -0.05) is 6.07 Å². The van der Waals surface area contributed by atoms with Crippen LogP contribution in [0.2, 0.25) is 0 Å². The van der Waals surface area contributed by atoms with Crippen molar-refractivity contribution in [3.8, 4) is 0 Å². The van der Waals surface area contributed by atoms with Gasteiger partial charge in [-0.2, -0.15) is 0 Å². The SMILES string of the molecule is CN1CCC(Nc2cc[c]c(NC3CCOCC3)c2)CC1. The van der Waals surface area contributed by atoms with Crippen LogP contribution in [0.15, 0.2) is 18.2 Å². The first-order chi connectivity index (χ1) is 10.3. The van der Waals surface area contributed by atoms with Gasteiger partial charge in [0.1, 0.15) is 0 Å². The van der Waals surface area contributed by atoms with E-state index >= 15 is 0 Å². The maximum atomic E-state index is 5.40. The molecule has 1 aromatic rings. The Bertz CT molecular complexity index is 437. The van der Waals surface area contributed by atoms with E-state index in [1.54, 1.807) is 0 Å². The van der Waals surface area contributed by atoms with Crippen molar-refractivity contribution in [1.29, 1.82) is 0 Å². The summed E-state index contributed by atoms with van der Waals surface area (Å²) in [5.41, 5.74) is 2.30. The van der Waals surface area contributed by atoms with Crippen molar-refractivity contribution in [2.75, 3.05) is 44.0 Å². The van der Waals surface area contributed by atoms with E-state index in [2.05, 4.69) is 40.8 Å². The number of hydrogen-bond donors (Lipinski definition) is 2. The Labute approximate surface area is 127 Å². The van der Waals surface area contributed by atoms with Crippen LogP contribution >= 0.6 is 0 Å². The van der Waals surface area contributed by atoms with Gasteiger partial charge >= 0.3 is 0 Å². The lowest BCUT2D eigenvalue weighted by molar-refractivity contribution is 0.0904. The number of ether oxygens (including phenoxy) is 1. The predicted octanol–water partition coefficient (Wildman–Crippen LogP) is 2.58. The lowest BCUT2D eigenvalue weighted by Gasteiger charge is -2.30. The molecule has 0 bridgehead atoms. The highest BCUT2D eigenvalue weighted by atomic mass is 16.5. The number of hydrogen-bond acceptors (Lipinski definition) is 4. The Kier molecular flexibility index (Phi) is 4.99. The normalized spacial score (nSPS) is 22.1. The van der Waals surface area contributed by atoms with E-state index in [9.17, 15) is 0 Å². The molecule has 2 saturated heterocycles. The minimum Gasteiger partial charge on any atom is -0.382 e. The fraction of sp³-hybridized carbons (Fsp3) is 0.647. The second kappa shape index (κ2) is 7.14. The fourth-order valence-corrected chi connectivity index (χ4v) is 3.09. The summed E-state index contributed by atoms with van der Waals surface area (Å²) < 4.78 is 5.40. The summed E-state index contributed by atoms with van der Waals surface area (Å²) in [5, 5.41) is 7.25. The van der Waals surface area contributed by atoms with Gasteiger partial charge < -0.3 is 20.3 Å². The molecule has 0 unspecified atom stereocenters. The van der Waals surface area contributed by atoms with Crippen molar-refractivity contribution in [3.05, 3.63) is 24.3 Å². The van der Waals surface area contributed by atoms with Gasteiger partial charge in [0, 0.05) is 42.7 Å². The van der Waals surface area contributed by atoms with Gasteiger partial charge in [0.15, 0.2) is 0 Å². The quantitative estimate of drug-likeness (QED) is 0.893. The van der Waals surface area contributed by atoms with E-state index in [0.717, 1.165) is 31.7 Å². The third kappa shape index (κ3) is 4.35. The summed E-state index contributed by atoms with van der Waals surface area (Å²) in [4.78, 5) is 2.40. The van der Waals surface area contributed by atoms with E-state index in [0.29, 0.717) is 12.1 Å². The van der Waals surface area contributed by atoms with Gasteiger partial charge in [-0.3, -0.25) is 0 Å². The number of piperidine rings is 1. The van der Waals surface area contributed by atoms with Crippen LogP contribution in [-0.4, -0.2) is 50.3 Å². The summed E-state index contributed by atoms with van der Waals surface area (Å²) in [6.07, 6.45) is 4.61. The average Bonchev–Trinajstić information content (AvgIpc) is 2.51. The van der Waals surface area contributed by atoms with E-state index in [1.165, 1.54) is 31.6 Å². The molecular formula is C17H26N3O. The molecule has 2 fully saturated rings. The molecule has 0 amide bonds. The number of nitrogens with zero attached hydrogens (tertiary/aromatic N) is 1. The molecule has 2 aliphatic heterocycles. The van der Waals surface area contributed by atoms with Gasteiger partial charge in [-0.25, -0.2) is 0 Å². The molecule has 0 aliphatic carbocycles. The van der Waals surface area contributed by atoms with Crippen LogP contribution in [0, 0.1) is 6.07 Å². The molecule has 4 nitrogen and oxygen atoms in total. The molecule has 0 saturated carbocycles. The maximum absolute atomic E-state index is 5.40. The molecule has 0 spiro atoms. The Hall–Kier alpha value is -1.26. The van der Waals surface area contributed by atoms with Crippen molar-refractivity contribution in [2.24, 2.45) is 0 Å². The predicted molar refractivity (Wildman–Crippen MR) is 86.9 cm³/mol. The van der Waals surface area contributed by atoms with Crippen molar-refractivity contribution < 1.29 is 4.74 Å². The summed E-state index contributed by atoms with van der Waals surface area (Å²) >= 11 is 0. The molecule has 2 N–H and O–H groups in total. The van der Waals surface area contributed by atoms with E-state index in [1.807, 2.05) is 6.07 Å². The first kappa shape index (κ1) is 14.7. The highest BCUT2D eigenvalue weighted by Gasteiger charge is 2.17. The maximum Gasteiger partial charge on any atom is 0.0485 e. The van der Waals surface area contributed by atoms with E-state index in [4.69, 9.17) is 4.74 Å². The molecule has 0 atom stereocenters. The molecule has 2 aliphatic rings. The topological polar surface area (TPSA) is 36.5 Å². The standard InChI is InChI=1S/C17H26N3O/c1-20-9-5-14(6-10-20)18-16-3-2-4-17(13-16)19-15-7-11-21-12-8-15/h2-3,13-15,18-19H,5-12H2,1H3. The highest BCUT2D eigenvalue weighted by molar-refractivity contribution is 5.56. The van der Waals surface area contributed by atoms with Crippen LogP contribution < -0.4 is 10.6 Å². The van der Waals surface area contributed by atoms with Crippen LogP contribution in [0.5, 0.6) is 0 Å². The first-order valence-electron chi connectivity index (χ1n) is 8.11. The highest BCUT2D eigenvalue weighted by Crippen LogP contribution is 2.21. The smallest absolute Gasteiger partial charge is 0.0485 e. The Balaban J connectivity index is 1.55. The van der Waals surface area contributed by atoms with Crippen LogP contribution in [0.25, 0.3) is 0 Å². The van der Waals surface area contributed by atoms with Crippen LogP contribution in [0.3, 0.4) is 0 Å². The Morgan fingerprint density at radius 3 is 2.57 bits per heavy atom. The molecule has 3 rings (SSSR count). The first-order valence-corrected chi connectivity index (χ1v) is 8.11. The third-order valence-electron chi connectivity index (χ3n) is 4.47. The van der Waals surface area contributed by atoms with Crippen LogP contribution in [0.4, 0.5) is 11.4 Å². The fourth-order valence-electron chi connectivity index (χ4n) is 3.09.